The molecular weight excluding hydrogens is 342 g/mol. The van der Waals surface area contributed by atoms with Crippen molar-refractivity contribution in [2.75, 3.05) is 39.3 Å². The Kier molecular flexibility index (Phi) is 4.22. The lowest BCUT2D eigenvalue weighted by molar-refractivity contribution is -0.136. The van der Waals surface area contributed by atoms with Crippen LogP contribution in [0, 0.1) is 5.92 Å². The number of sulfonamides is 1. The molecule has 2 aromatic rings. The number of hydrogen-bond donors (Lipinski definition) is 2. The average Bonchev–Trinajstić information content (AvgIpc) is 3.31. The molecule has 1 amide bonds. The number of carbonyl (C=O) groups is 1. The Hall–Kier alpha value is -1.97. The SMILES string of the molecule is O=C(C1CCNC1)N1CCN(S(=O)(=O)c2c[nH]c3ncccc23)CC1. The summed E-state index contributed by atoms with van der Waals surface area (Å²) in [6, 6.07) is 3.47. The highest BCUT2D eigenvalue weighted by atomic mass is 32.2. The molecule has 4 heterocycles. The van der Waals surface area contributed by atoms with E-state index < -0.39 is 10.0 Å². The van der Waals surface area contributed by atoms with Crippen LogP contribution in [0.1, 0.15) is 6.42 Å². The first-order valence-corrected chi connectivity index (χ1v) is 9.93. The molecule has 8 nitrogen and oxygen atoms in total. The molecule has 0 spiro atoms. The monoisotopic (exact) mass is 363 g/mol. The van der Waals surface area contributed by atoms with Gasteiger partial charge in [-0.15, -0.1) is 0 Å². The van der Waals surface area contributed by atoms with Gasteiger partial charge in [-0.3, -0.25) is 4.79 Å². The van der Waals surface area contributed by atoms with Crippen LogP contribution < -0.4 is 5.32 Å². The summed E-state index contributed by atoms with van der Waals surface area (Å²) in [5, 5.41) is 3.79. The Morgan fingerprint density at radius 1 is 1.24 bits per heavy atom. The molecule has 4 rings (SSSR count). The fourth-order valence-corrected chi connectivity index (χ4v) is 5.13. The van der Waals surface area contributed by atoms with E-state index in [-0.39, 0.29) is 16.7 Å². The number of carbonyl (C=O) groups excluding carboxylic acids is 1. The number of fused-ring (bicyclic) bond motifs is 1. The molecule has 2 N–H and O–H groups in total. The summed E-state index contributed by atoms with van der Waals surface area (Å²) in [5.74, 6) is 0.168. The van der Waals surface area contributed by atoms with Crippen LogP contribution in [0.25, 0.3) is 11.0 Å². The second kappa shape index (κ2) is 6.40. The summed E-state index contributed by atoms with van der Waals surface area (Å²) in [5.41, 5.74) is 0.559. The lowest BCUT2D eigenvalue weighted by Gasteiger charge is -2.35. The number of aromatic amines is 1. The molecule has 134 valence electrons. The molecule has 0 bridgehead atoms. The second-order valence-electron chi connectivity index (χ2n) is 6.47. The topological polar surface area (TPSA) is 98.4 Å². The third kappa shape index (κ3) is 2.92. The number of rotatable bonds is 3. The molecule has 2 saturated heterocycles. The van der Waals surface area contributed by atoms with Crippen molar-refractivity contribution >= 4 is 27.0 Å². The van der Waals surface area contributed by atoms with E-state index in [1.165, 1.54) is 10.5 Å². The van der Waals surface area contributed by atoms with Crippen molar-refractivity contribution in [1.82, 2.24) is 24.5 Å². The number of nitrogens with zero attached hydrogens (tertiary/aromatic N) is 3. The summed E-state index contributed by atoms with van der Waals surface area (Å²) in [7, 11) is -3.60. The normalized spacial score (nSPS) is 22.6. The van der Waals surface area contributed by atoms with Gasteiger partial charge >= 0.3 is 0 Å². The van der Waals surface area contributed by atoms with Crippen LogP contribution in [0.3, 0.4) is 0 Å². The molecule has 2 aromatic heterocycles. The van der Waals surface area contributed by atoms with Crippen molar-refractivity contribution in [1.29, 1.82) is 0 Å². The van der Waals surface area contributed by atoms with Crippen LogP contribution in [0.2, 0.25) is 0 Å². The number of H-pyrrole nitrogens is 1. The summed E-state index contributed by atoms with van der Waals surface area (Å²) < 4.78 is 27.4. The highest BCUT2D eigenvalue weighted by Crippen LogP contribution is 2.25. The van der Waals surface area contributed by atoms with E-state index in [2.05, 4.69) is 15.3 Å². The average molecular weight is 363 g/mol. The minimum atomic E-state index is -3.60. The zero-order chi connectivity index (χ0) is 17.4. The molecule has 25 heavy (non-hydrogen) atoms. The van der Waals surface area contributed by atoms with Gasteiger partial charge in [0.2, 0.25) is 15.9 Å². The molecule has 0 aliphatic carbocycles. The molecule has 9 heteroatoms. The molecular formula is C16H21N5O3S. The highest BCUT2D eigenvalue weighted by Gasteiger charge is 2.34. The van der Waals surface area contributed by atoms with Crippen molar-refractivity contribution in [2.24, 2.45) is 5.92 Å². The molecule has 2 aliphatic heterocycles. The first kappa shape index (κ1) is 16.5. The Labute approximate surface area is 146 Å². The van der Waals surface area contributed by atoms with Gasteiger partial charge in [0.05, 0.1) is 5.92 Å². The van der Waals surface area contributed by atoms with E-state index >= 15 is 0 Å². The second-order valence-corrected chi connectivity index (χ2v) is 8.38. The van der Waals surface area contributed by atoms with Crippen LogP contribution in [0.4, 0.5) is 0 Å². The molecule has 2 aliphatic rings. The largest absolute Gasteiger partial charge is 0.345 e. The van der Waals surface area contributed by atoms with Crippen LogP contribution in [0.5, 0.6) is 0 Å². The molecule has 0 saturated carbocycles. The van der Waals surface area contributed by atoms with Gasteiger partial charge in [0.15, 0.2) is 0 Å². The standard InChI is InChI=1S/C16H21N5O3S/c22-16(12-3-5-17-10-12)20-6-8-21(9-7-20)25(23,24)14-11-19-15-13(14)2-1-4-18-15/h1-2,4,11-12,17H,3,5-10H2,(H,18,19). The Bertz CT molecular complexity index is 880. The highest BCUT2D eigenvalue weighted by molar-refractivity contribution is 7.89. The van der Waals surface area contributed by atoms with E-state index in [1.807, 2.05) is 0 Å². The minimum Gasteiger partial charge on any atom is -0.345 e. The summed E-state index contributed by atoms with van der Waals surface area (Å²) in [6.07, 6.45) is 3.98. The molecule has 0 aromatic carbocycles. The smallest absolute Gasteiger partial charge is 0.245 e. The van der Waals surface area contributed by atoms with Gasteiger partial charge < -0.3 is 15.2 Å². The van der Waals surface area contributed by atoms with Gasteiger partial charge in [0, 0.05) is 50.5 Å². The Balaban J connectivity index is 1.49. The summed E-state index contributed by atoms with van der Waals surface area (Å²) in [4.78, 5) is 21.6. The minimum absolute atomic E-state index is 0.0304. The van der Waals surface area contributed by atoms with E-state index in [4.69, 9.17) is 0 Å². The van der Waals surface area contributed by atoms with Crippen molar-refractivity contribution in [3.8, 4) is 0 Å². The fourth-order valence-electron chi connectivity index (χ4n) is 3.56. The van der Waals surface area contributed by atoms with Crippen LogP contribution in [-0.2, 0) is 14.8 Å². The van der Waals surface area contributed by atoms with Gasteiger partial charge in [-0.1, -0.05) is 0 Å². The maximum absolute atomic E-state index is 13.0. The first-order valence-electron chi connectivity index (χ1n) is 8.49. The summed E-state index contributed by atoms with van der Waals surface area (Å²) in [6.45, 7) is 3.12. The van der Waals surface area contributed by atoms with Gasteiger partial charge in [-0.05, 0) is 25.1 Å². The quantitative estimate of drug-likeness (QED) is 0.800. The van der Waals surface area contributed by atoms with E-state index in [0.29, 0.717) is 37.2 Å². The van der Waals surface area contributed by atoms with E-state index in [9.17, 15) is 13.2 Å². The predicted molar refractivity (Wildman–Crippen MR) is 92.4 cm³/mol. The predicted octanol–water partition coefficient (Wildman–Crippen LogP) is 0.00530. The number of aromatic nitrogens is 2. The van der Waals surface area contributed by atoms with Crippen LogP contribution in [-0.4, -0.2) is 72.8 Å². The molecule has 1 unspecified atom stereocenters. The third-order valence-corrected chi connectivity index (χ3v) is 6.93. The first-order chi connectivity index (χ1) is 12.1. The van der Waals surface area contributed by atoms with Gasteiger partial charge in [-0.25, -0.2) is 13.4 Å². The van der Waals surface area contributed by atoms with E-state index in [1.54, 1.807) is 23.2 Å². The van der Waals surface area contributed by atoms with Gasteiger partial charge in [0.1, 0.15) is 10.5 Å². The molecule has 1 atom stereocenters. The summed E-state index contributed by atoms with van der Waals surface area (Å²) >= 11 is 0. The third-order valence-electron chi connectivity index (χ3n) is 4.99. The zero-order valence-electron chi connectivity index (χ0n) is 13.8. The maximum Gasteiger partial charge on any atom is 0.245 e. The van der Waals surface area contributed by atoms with E-state index in [0.717, 1.165) is 19.5 Å². The fraction of sp³-hybridized carbons (Fsp3) is 0.500. The lowest BCUT2D eigenvalue weighted by Crippen LogP contribution is -2.52. The van der Waals surface area contributed by atoms with Crippen LogP contribution in [0.15, 0.2) is 29.4 Å². The van der Waals surface area contributed by atoms with Gasteiger partial charge in [0.25, 0.3) is 0 Å². The van der Waals surface area contributed by atoms with Crippen molar-refractivity contribution in [3.63, 3.8) is 0 Å². The van der Waals surface area contributed by atoms with Gasteiger partial charge in [-0.2, -0.15) is 4.31 Å². The Morgan fingerprint density at radius 2 is 2.04 bits per heavy atom. The maximum atomic E-state index is 13.0. The van der Waals surface area contributed by atoms with Crippen molar-refractivity contribution < 1.29 is 13.2 Å². The molecule has 2 fully saturated rings. The number of amides is 1. The zero-order valence-corrected chi connectivity index (χ0v) is 14.6. The van der Waals surface area contributed by atoms with Crippen LogP contribution >= 0.6 is 0 Å². The number of pyridine rings is 1. The van der Waals surface area contributed by atoms with Crippen molar-refractivity contribution in [2.45, 2.75) is 11.3 Å². The number of nitrogens with one attached hydrogen (secondary N) is 2. The lowest BCUT2D eigenvalue weighted by atomic mass is 10.1. The molecule has 0 radical (unpaired) electrons. The van der Waals surface area contributed by atoms with Crippen molar-refractivity contribution in [3.05, 3.63) is 24.5 Å². The number of hydrogen-bond acceptors (Lipinski definition) is 5. The Morgan fingerprint density at radius 3 is 2.76 bits per heavy atom. The number of piperazine rings is 1.